The second-order valence-electron chi connectivity index (χ2n) is 5.96. The lowest BCUT2D eigenvalue weighted by molar-refractivity contribution is 0.0449. The summed E-state index contributed by atoms with van der Waals surface area (Å²) in [5.41, 5.74) is 1.86. The Morgan fingerprint density at radius 1 is 1.35 bits per heavy atom. The number of hydrogen-bond acceptors (Lipinski definition) is 3. The first kappa shape index (κ1) is 18.1. The van der Waals surface area contributed by atoms with Gasteiger partial charge in [0.2, 0.25) is 0 Å². The molecule has 6 heteroatoms. The van der Waals surface area contributed by atoms with Gasteiger partial charge in [-0.15, -0.1) is 6.58 Å². The van der Waals surface area contributed by atoms with Crippen molar-refractivity contribution in [3.63, 3.8) is 0 Å². The molecule has 0 fully saturated rings. The fourth-order valence-electron chi connectivity index (χ4n) is 2.83. The summed E-state index contributed by atoms with van der Waals surface area (Å²) in [6.45, 7) is 4.34. The second-order valence-corrected chi connectivity index (χ2v) is 6.37. The molecule has 1 aliphatic heterocycles. The van der Waals surface area contributed by atoms with E-state index in [-0.39, 0.29) is 17.6 Å². The van der Waals surface area contributed by atoms with E-state index in [1.807, 2.05) is 18.2 Å². The lowest BCUT2D eigenvalue weighted by Crippen LogP contribution is -2.37. The zero-order valence-corrected chi connectivity index (χ0v) is 14.8. The van der Waals surface area contributed by atoms with Crippen molar-refractivity contribution in [2.45, 2.75) is 12.5 Å². The molecule has 0 saturated carbocycles. The smallest absolute Gasteiger partial charge is 0.254 e. The molecular formula is C20H18ClFN2O2. The number of benzene rings is 2. The monoisotopic (exact) mass is 372 g/mol. The Balaban J connectivity index is 1.69. The summed E-state index contributed by atoms with van der Waals surface area (Å²) >= 11 is 6.20. The highest BCUT2D eigenvalue weighted by Gasteiger charge is 2.27. The Kier molecular flexibility index (Phi) is 5.68. The van der Waals surface area contributed by atoms with Crippen molar-refractivity contribution in [3.05, 3.63) is 83.2 Å². The van der Waals surface area contributed by atoms with Crippen molar-refractivity contribution in [3.8, 4) is 0 Å². The molecule has 0 aromatic heterocycles. The van der Waals surface area contributed by atoms with Crippen molar-refractivity contribution in [1.29, 1.82) is 0 Å². The molecule has 0 bridgehead atoms. The van der Waals surface area contributed by atoms with E-state index in [1.54, 1.807) is 23.1 Å². The van der Waals surface area contributed by atoms with Crippen molar-refractivity contribution < 1.29 is 14.0 Å². The van der Waals surface area contributed by atoms with Gasteiger partial charge in [-0.3, -0.25) is 4.79 Å². The molecule has 0 saturated heterocycles. The first-order chi connectivity index (χ1) is 12.6. The quantitative estimate of drug-likeness (QED) is 0.709. The summed E-state index contributed by atoms with van der Waals surface area (Å²) < 4.78 is 13.4. The lowest BCUT2D eigenvalue weighted by atomic mass is 10.0. The largest absolute Gasteiger partial charge is 0.390 e. The van der Waals surface area contributed by atoms with E-state index in [1.165, 1.54) is 18.2 Å². The van der Waals surface area contributed by atoms with Crippen LogP contribution in [0, 0.1) is 5.82 Å². The number of rotatable bonds is 6. The molecule has 1 atom stereocenters. The molecule has 0 N–H and O–H groups in total. The number of carbonyl (C=O) groups is 1. The summed E-state index contributed by atoms with van der Waals surface area (Å²) in [7, 11) is 0. The summed E-state index contributed by atoms with van der Waals surface area (Å²) in [5, 5.41) is 4.72. The molecule has 4 nitrogen and oxygen atoms in total. The molecule has 2 aromatic rings. The third-order valence-corrected chi connectivity index (χ3v) is 4.38. The Hall–Kier alpha value is -2.66. The van der Waals surface area contributed by atoms with Gasteiger partial charge in [-0.25, -0.2) is 4.39 Å². The maximum Gasteiger partial charge on any atom is 0.254 e. The van der Waals surface area contributed by atoms with Gasteiger partial charge < -0.3 is 9.74 Å². The molecule has 1 amide bonds. The van der Waals surface area contributed by atoms with E-state index >= 15 is 0 Å². The van der Waals surface area contributed by atoms with Gasteiger partial charge in [-0.05, 0) is 24.3 Å². The number of hydrogen-bond donors (Lipinski definition) is 0. The van der Waals surface area contributed by atoms with Gasteiger partial charge in [0.1, 0.15) is 5.82 Å². The Bertz CT molecular complexity index is 853. The van der Waals surface area contributed by atoms with Gasteiger partial charge in [-0.1, -0.05) is 47.1 Å². The van der Waals surface area contributed by atoms with Crippen LogP contribution in [0.5, 0.6) is 0 Å². The molecular weight excluding hydrogens is 355 g/mol. The van der Waals surface area contributed by atoms with Crippen LogP contribution >= 0.6 is 11.6 Å². The summed E-state index contributed by atoms with van der Waals surface area (Å²) in [4.78, 5) is 19.7. The maximum atomic E-state index is 13.4. The number of oxime groups is 1. The standard InChI is InChI=1S/C20H18ClFN2O2/c1-2-10-24(20(25)14-6-5-7-15(22)11-14)13-16-12-19(23-26-16)17-8-3-4-9-18(17)21/h2-9,11,16H,1,10,12-13H2/t16-/m1/s1. The van der Waals surface area contributed by atoms with Crippen LogP contribution in [0.25, 0.3) is 0 Å². The van der Waals surface area contributed by atoms with Gasteiger partial charge in [0.05, 0.1) is 12.3 Å². The van der Waals surface area contributed by atoms with E-state index in [4.69, 9.17) is 16.4 Å². The minimum Gasteiger partial charge on any atom is -0.390 e. The van der Waals surface area contributed by atoms with Gasteiger partial charge in [0.15, 0.2) is 6.10 Å². The zero-order valence-electron chi connectivity index (χ0n) is 14.1. The molecule has 0 unspecified atom stereocenters. The molecule has 1 aliphatic rings. The van der Waals surface area contributed by atoms with Crippen molar-refractivity contribution in [2.75, 3.05) is 13.1 Å². The van der Waals surface area contributed by atoms with E-state index in [2.05, 4.69) is 11.7 Å². The summed E-state index contributed by atoms with van der Waals surface area (Å²) in [5.74, 6) is -0.727. The van der Waals surface area contributed by atoms with Gasteiger partial charge in [0, 0.05) is 29.1 Å². The summed E-state index contributed by atoms with van der Waals surface area (Å²) in [6, 6.07) is 13.0. The third kappa shape index (κ3) is 4.11. The SMILES string of the molecule is C=CCN(C[C@H]1CC(c2ccccc2Cl)=NO1)C(=O)c1cccc(F)c1. The molecule has 2 aromatic carbocycles. The lowest BCUT2D eigenvalue weighted by Gasteiger charge is -2.23. The normalized spacial score (nSPS) is 15.9. The van der Waals surface area contributed by atoms with Crippen LogP contribution in [0.3, 0.4) is 0 Å². The van der Waals surface area contributed by atoms with E-state index < -0.39 is 5.82 Å². The van der Waals surface area contributed by atoms with E-state index in [0.717, 1.165) is 11.3 Å². The first-order valence-corrected chi connectivity index (χ1v) is 8.59. The van der Waals surface area contributed by atoms with Crippen LogP contribution in [0.15, 0.2) is 66.3 Å². The van der Waals surface area contributed by atoms with Gasteiger partial charge in [-0.2, -0.15) is 0 Å². The first-order valence-electron chi connectivity index (χ1n) is 8.22. The Morgan fingerprint density at radius 2 is 2.15 bits per heavy atom. The third-order valence-electron chi connectivity index (χ3n) is 4.05. The molecule has 1 heterocycles. The topological polar surface area (TPSA) is 41.9 Å². The highest BCUT2D eigenvalue weighted by molar-refractivity contribution is 6.34. The Morgan fingerprint density at radius 3 is 2.88 bits per heavy atom. The fraction of sp³-hybridized carbons (Fsp3) is 0.200. The molecule has 134 valence electrons. The van der Waals surface area contributed by atoms with Crippen LogP contribution in [0.1, 0.15) is 22.3 Å². The predicted octanol–water partition coefficient (Wildman–Crippen LogP) is 4.30. The average molecular weight is 373 g/mol. The van der Waals surface area contributed by atoms with Gasteiger partial charge >= 0.3 is 0 Å². The van der Waals surface area contributed by atoms with Crippen LogP contribution in [-0.4, -0.2) is 35.7 Å². The fourth-order valence-corrected chi connectivity index (χ4v) is 3.07. The van der Waals surface area contributed by atoms with Crippen molar-refractivity contribution >= 4 is 23.2 Å². The van der Waals surface area contributed by atoms with Crippen LogP contribution in [-0.2, 0) is 4.84 Å². The van der Waals surface area contributed by atoms with Gasteiger partial charge in [0.25, 0.3) is 5.91 Å². The van der Waals surface area contributed by atoms with E-state index in [0.29, 0.717) is 24.5 Å². The van der Waals surface area contributed by atoms with Crippen LogP contribution in [0.2, 0.25) is 5.02 Å². The van der Waals surface area contributed by atoms with Crippen molar-refractivity contribution in [1.82, 2.24) is 4.90 Å². The molecule has 3 rings (SSSR count). The van der Waals surface area contributed by atoms with Crippen LogP contribution in [0.4, 0.5) is 4.39 Å². The van der Waals surface area contributed by atoms with Crippen LogP contribution < -0.4 is 0 Å². The number of amides is 1. The minimum atomic E-state index is -0.448. The molecule has 0 radical (unpaired) electrons. The minimum absolute atomic E-state index is 0.279. The molecule has 0 spiro atoms. The highest BCUT2D eigenvalue weighted by atomic mass is 35.5. The average Bonchev–Trinajstić information content (AvgIpc) is 3.09. The molecule has 0 aliphatic carbocycles. The summed E-state index contributed by atoms with van der Waals surface area (Å²) in [6.07, 6.45) is 1.87. The maximum absolute atomic E-state index is 13.4. The Labute approximate surface area is 156 Å². The number of carbonyl (C=O) groups excluding carboxylic acids is 1. The van der Waals surface area contributed by atoms with E-state index in [9.17, 15) is 9.18 Å². The molecule has 26 heavy (non-hydrogen) atoms. The predicted molar refractivity (Wildman–Crippen MR) is 100.0 cm³/mol. The highest BCUT2D eigenvalue weighted by Crippen LogP contribution is 2.23. The number of nitrogens with zero attached hydrogens (tertiary/aromatic N) is 2. The number of halogens is 2. The zero-order chi connectivity index (χ0) is 18.5. The van der Waals surface area contributed by atoms with Crippen molar-refractivity contribution in [2.24, 2.45) is 5.16 Å². The second kappa shape index (κ2) is 8.15.